The summed E-state index contributed by atoms with van der Waals surface area (Å²) in [5.41, 5.74) is 2.51. The molecule has 0 N–H and O–H groups in total. The largest absolute Gasteiger partial charge is 0.348 e. The Morgan fingerprint density at radius 3 is 1.96 bits per heavy atom. The number of amides is 2. The van der Waals surface area contributed by atoms with Crippen LogP contribution in [0.1, 0.15) is 26.3 Å². The van der Waals surface area contributed by atoms with E-state index in [2.05, 4.69) is 0 Å². The van der Waals surface area contributed by atoms with Crippen LogP contribution in [0.3, 0.4) is 0 Å². The number of anilines is 1. The van der Waals surface area contributed by atoms with Crippen LogP contribution in [0.2, 0.25) is 5.02 Å². The number of benzene rings is 2. The maximum absolute atomic E-state index is 12.6. The first-order valence-electron chi connectivity index (χ1n) is 7.51. The maximum atomic E-state index is 12.6. The van der Waals surface area contributed by atoms with Crippen LogP contribution in [0.15, 0.2) is 67.0 Å². The number of halogens is 1. The van der Waals surface area contributed by atoms with Crippen LogP contribution in [-0.2, 0) is 6.54 Å². The van der Waals surface area contributed by atoms with Gasteiger partial charge in [0.15, 0.2) is 0 Å². The number of imide groups is 1. The molecule has 1 aromatic heterocycles. The Bertz CT molecular complexity index is 896. The zero-order valence-corrected chi connectivity index (χ0v) is 13.4. The average Bonchev–Trinajstić information content (AvgIpc) is 3.10. The van der Waals surface area contributed by atoms with Crippen LogP contribution in [0, 0.1) is 0 Å². The summed E-state index contributed by atoms with van der Waals surface area (Å²) in [6.07, 6.45) is 3.47. The van der Waals surface area contributed by atoms with Crippen molar-refractivity contribution in [1.82, 2.24) is 4.57 Å². The zero-order chi connectivity index (χ0) is 16.7. The molecule has 24 heavy (non-hydrogen) atoms. The summed E-state index contributed by atoms with van der Waals surface area (Å²) in [4.78, 5) is 26.4. The van der Waals surface area contributed by atoms with Crippen molar-refractivity contribution >= 4 is 29.1 Å². The highest BCUT2D eigenvalue weighted by atomic mass is 35.5. The molecule has 0 saturated carbocycles. The number of carbonyl (C=O) groups excluding carboxylic acids is 2. The summed E-state index contributed by atoms with van der Waals surface area (Å²) in [5, 5.41) is 0.561. The molecule has 0 fully saturated rings. The van der Waals surface area contributed by atoms with Gasteiger partial charge in [0, 0.05) is 24.0 Å². The van der Waals surface area contributed by atoms with Crippen LogP contribution in [0.5, 0.6) is 0 Å². The van der Waals surface area contributed by atoms with Gasteiger partial charge in [0.2, 0.25) is 0 Å². The van der Waals surface area contributed by atoms with Crippen molar-refractivity contribution in [2.24, 2.45) is 0 Å². The van der Waals surface area contributed by atoms with Crippen molar-refractivity contribution < 1.29 is 9.59 Å². The Morgan fingerprint density at radius 1 is 0.792 bits per heavy atom. The molecule has 0 atom stereocenters. The van der Waals surface area contributed by atoms with E-state index >= 15 is 0 Å². The molecule has 0 radical (unpaired) electrons. The minimum absolute atomic E-state index is 0.302. The van der Waals surface area contributed by atoms with Gasteiger partial charge in [-0.2, -0.15) is 0 Å². The van der Waals surface area contributed by atoms with Crippen molar-refractivity contribution in [2.75, 3.05) is 4.90 Å². The minimum Gasteiger partial charge on any atom is -0.348 e. The highest BCUT2D eigenvalue weighted by Gasteiger charge is 2.38. The summed E-state index contributed by atoms with van der Waals surface area (Å²) < 4.78 is 1.87. The molecule has 2 aromatic carbocycles. The molecular formula is C19H13ClN2O2. The lowest BCUT2D eigenvalue weighted by atomic mass is 10.2. The maximum Gasteiger partial charge on any atom is 0.267 e. The number of nitrogens with zero attached hydrogens (tertiary/aromatic N) is 2. The minimum atomic E-state index is -0.302. The number of fused-ring (bicyclic) bond motifs is 1. The zero-order valence-electron chi connectivity index (χ0n) is 12.6. The highest BCUT2D eigenvalue weighted by molar-refractivity contribution is 6.35. The predicted molar refractivity (Wildman–Crippen MR) is 92.6 cm³/mol. The van der Waals surface area contributed by atoms with Crippen LogP contribution < -0.4 is 4.90 Å². The Kier molecular flexibility index (Phi) is 3.47. The van der Waals surface area contributed by atoms with Gasteiger partial charge < -0.3 is 4.57 Å². The Labute approximate surface area is 143 Å². The molecule has 1 aliphatic heterocycles. The second-order valence-corrected chi connectivity index (χ2v) is 6.10. The van der Waals surface area contributed by atoms with Crippen molar-refractivity contribution in [1.29, 1.82) is 0 Å². The number of hydrogen-bond donors (Lipinski definition) is 0. The molecule has 0 unspecified atom stereocenters. The van der Waals surface area contributed by atoms with Crippen LogP contribution in [-0.4, -0.2) is 16.4 Å². The smallest absolute Gasteiger partial charge is 0.267 e. The summed E-state index contributed by atoms with van der Waals surface area (Å²) in [5.74, 6) is -0.603. The van der Waals surface area contributed by atoms with Gasteiger partial charge in [-0.15, -0.1) is 0 Å². The van der Waals surface area contributed by atoms with Crippen LogP contribution >= 0.6 is 11.6 Å². The number of hydrogen-bond acceptors (Lipinski definition) is 2. The first kappa shape index (κ1) is 14.7. The van der Waals surface area contributed by atoms with E-state index in [1.807, 2.05) is 34.9 Å². The summed E-state index contributed by atoms with van der Waals surface area (Å²) in [7, 11) is 0. The normalized spacial score (nSPS) is 13.5. The van der Waals surface area contributed by atoms with E-state index < -0.39 is 0 Å². The summed E-state index contributed by atoms with van der Waals surface area (Å²) >= 11 is 5.87. The molecule has 0 saturated heterocycles. The van der Waals surface area contributed by atoms with Gasteiger partial charge in [-0.1, -0.05) is 41.9 Å². The molecule has 0 bridgehead atoms. The van der Waals surface area contributed by atoms with Gasteiger partial charge in [-0.25, -0.2) is 4.90 Å². The van der Waals surface area contributed by atoms with Crippen LogP contribution in [0.4, 0.5) is 5.69 Å². The topological polar surface area (TPSA) is 42.3 Å². The highest BCUT2D eigenvalue weighted by Crippen LogP contribution is 2.30. The molecule has 4 rings (SSSR count). The Morgan fingerprint density at radius 2 is 1.38 bits per heavy atom. The van der Waals surface area contributed by atoms with Crippen molar-refractivity contribution in [3.63, 3.8) is 0 Å². The molecule has 5 heteroatoms. The van der Waals surface area contributed by atoms with Crippen LogP contribution in [0.25, 0.3) is 0 Å². The second kappa shape index (κ2) is 5.65. The van der Waals surface area contributed by atoms with Gasteiger partial charge in [-0.05, 0) is 29.8 Å². The quantitative estimate of drug-likeness (QED) is 0.679. The molecule has 0 spiro atoms. The molecule has 2 amide bonds. The fraction of sp³-hybridized carbons (Fsp3) is 0.0526. The fourth-order valence-corrected chi connectivity index (χ4v) is 3.02. The van der Waals surface area contributed by atoms with E-state index in [0.29, 0.717) is 28.4 Å². The SMILES string of the molecule is O=C1c2cn(Cc3ccccc3)cc2C(=O)N1c1ccc(Cl)cc1. The van der Waals surface area contributed by atoms with Gasteiger partial charge >= 0.3 is 0 Å². The van der Waals surface area contributed by atoms with Crippen molar-refractivity contribution in [2.45, 2.75) is 6.54 Å². The van der Waals surface area contributed by atoms with E-state index in [0.717, 1.165) is 5.56 Å². The van der Waals surface area contributed by atoms with E-state index in [4.69, 9.17) is 11.6 Å². The summed E-state index contributed by atoms with van der Waals surface area (Å²) in [6, 6.07) is 16.6. The van der Waals surface area contributed by atoms with Crippen molar-refractivity contribution in [3.8, 4) is 0 Å². The monoisotopic (exact) mass is 336 g/mol. The summed E-state index contributed by atoms with van der Waals surface area (Å²) in [6.45, 7) is 0.620. The first-order chi connectivity index (χ1) is 11.6. The first-order valence-corrected chi connectivity index (χ1v) is 7.89. The van der Waals surface area contributed by atoms with E-state index in [1.54, 1.807) is 36.7 Å². The van der Waals surface area contributed by atoms with E-state index in [9.17, 15) is 9.59 Å². The Balaban J connectivity index is 1.64. The van der Waals surface area contributed by atoms with Gasteiger partial charge in [0.25, 0.3) is 11.8 Å². The molecule has 4 nitrogen and oxygen atoms in total. The van der Waals surface area contributed by atoms with Gasteiger partial charge in [0.1, 0.15) is 0 Å². The third-order valence-corrected chi connectivity index (χ3v) is 4.29. The average molecular weight is 337 g/mol. The van der Waals surface area contributed by atoms with E-state index in [1.165, 1.54) is 4.90 Å². The second-order valence-electron chi connectivity index (χ2n) is 5.67. The third-order valence-electron chi connectivity index (χ3n) is 4.04. The van der Waals surface area contributed by atoms with Gasteiger partial charge in [-0.3, -0.25) is 9.59 Å². The molecular weight excluding hydrogens is 324 g/mol. The lowest BCUT2D eigenvalue weighted by molar-refractivity contribution is 0.0925. The Hall–Kier alpha value is -2.85. The molecule has 2 heterocycles. The molecule has 1 aliphatic rings. The van der Waals surface area contributed by atoms with Gasteiger partial charge in [0.05, 0.1) is 16.8 Å². The third kappa shape index (κ3) is 2.41. The molecule has 118 valence electrons. The predicted octanol–water partition coefficient (Wildman–Crippen LogP) is 3.99. The molecule has 0 aliphatic carbocycles. The molecule has 3 aromatic rings. The van der Waals surface area contributed by atoms with E-state index in [-0.39, 0.29) is 11.8 Å². The lowest BCUT2D eigenvalue weighted by Gasteiger charge is -2.14. The number of aromatic nitrogens is 1. The van der Waals surface area contributed by atoms with Crippen molar-refractivity contribution in [3.05, 3.63) is 88.7 Å². The lowest BCUT2D eigenvalue weighted by Crippen LogP contribution is -2.29. The standard InChI is InChI=1S/C19H13ClN2O2/c20-14-6-8-15(9-7-14)22-18(23)16-11-21(12-17(16)19(22)24)10-13-4-2-1-3-5-13/h1-9,11-12H,10H2. The number of carbonyl (C=O) groups is 2. The fourth-order valence-electron chi connectivity index (χ4n) is 2.89. The number of rotatable bonds is 3.